The van der Waals surface area contributed by atoms with E-state index in [9.17, 15) is 0 Å². The topological polar surface area (TPSA) is 29.9 Å². The SMILES string of the molecule is CCCNC(Cc1cc(CC)nn1C)c1cc(Cl)sc1Cl. The first kappa shape index (κ1) is 16.8. The Balaban J connectivity index is 2.23. The molecule has 1 atom stereocenters. The van der Waals surface area contributed by atoms with Crippen LogP contribution in [0.1, 0.15) is 43.3 Å². The molecule has 2 aromatic rings. The molecular weight excluding hydrogens is 325 g/mol. The fourth-order valence-electron chi connectivity index (χ4n) is 2.35. The van der Waals surface area contributed by atoms with Gasteiger partial charge in [0.25, 0.3) is 0 Å². The van der Waals surface area contributed by atoms with Crippen LogP contribution in [0.4, 0.5) is 0 Å². The summed E-state index contributed by atoms with van der Waals surface area (Å²) in [5.41, 5.74) is 3.41. The lowest BCUT2D eigenvalue weighted by Gasteiger charge is -2.18. The quantitative estimate of drug-likeness (QED) is 0.792. The predicted octanol–water partition coefficient (Wildman–Crippen LogP) is 4.63. The van der Waals surface area contributed by atoms with E-state index >= 15 is 0 Å². The third-order valence-electron chi connectivity index (χ3n) is 3.50. The van der Waals surface area contributed by atoms with E-state index in [0.29, 0.717) is 0 Å². The number of hydrogen-bond acceptors (Lipinski definition) is 3. The average Bonchev–Trinajstić information content (AvgIpc) is 2.97. The van der Waals surface area contributed by atoms with Crippen LogP contribution in [0.2, 0.25) is 8.67 Å². The fourth-order valence-corrected chi connectivity index (χ4v) is 3.92. The van der Waals surface area contributed by atoms with E-state index in [-0.39, 0.29) is 6.04 Å². The van der Waals surface area contributed by atoms with E-state index < -0.39 is 0 Å². The lowest BCUT2D eigenvalue weighted by Crippen LogP contribution is -2.24. The summed E-state index contributed by atoms with van der Waals surface area (Å²) in [4.78, 5) is 0. The summed E-state index contributed by atoms with van der Waals surface area (Å²) in [6.45, 7) is 5.23. The lowest BCUT2D eigenvalue weighted by molar-refractivity contribution is 0.513. The molecule has 0 spiro atoms. The second-order valence-corrected chi connectivity index (χ2v) is 7.38. The second kappa shape index (κ2) is 7.63. The van der Waals surface area contributed by atoms with Crippen molar-refractivity contribution in [1.82, 2.24) is 15.1 Å². The Labute approximate surface area is 140 Å². The van der Waals surface area contributed by atoms with Crippen molar-refractivity contribution in [2.24, 2.45) is 7.05 Å². The van der Waals surface area contributed by atoms with E-state index in [0.717, 1.165) is 45.7 Å². The van der Waals surface area contributed by atoms with Gasteiger partial charge in [-0.3, -0.25) is 4.68 Å². The van der Waals surface area contributed by atoms with E-state index in [1.54, 1.807) is 0 Å². The highest BCUT2D eigenvalue weighted by Crippen LogP contribution is 2.36. The van der Waals surface area contributed by atoms with Crippen LogP contribution in [0, 0.1) is 0 Å². The Hall–Kier alpha value is -0.550. The third-order valence-corrected chi connectivity index (χ3v) is 5.02. The molecule has 0 radical (unpaired) electrons. The van der Waals surface area contributed by atoms with E-state index in [1.807, 2.05) is 17.8 Å². The van der Waals surface area contributed by atoms with Gasteiger partial charge in [-0.15, -0.1) is 11.3 Å². The number of hydrogen-bond donors (Lipinski definition) is 1. The third kappa shape index (κ3) is 4.22. The molecule has 6 heteroatoms. The minimum Gasteiger partial charge on any atom is -0.310 e. The van der Waals surface area contributed by atoms with Gasteiger partial charge in [0.05, 0.1) is 14.4 Å². The highest BCUT2D eigenvalue weighted by Gasteiger charge is 2.19. The molecule has 1 unspecified atom stereocenters. The van der Waals surface area contributed by atoms with Crippen LogP contribution in [0.5, 0.6) is 0 Å². The molecule has 0 aliphatic rings. The molecule has 1 N–H and O–H groups in total. The molecule has 0 amide bonds. The van der Waals surface area contributed by atoms with Crippen LogP contribution >= 0.6 is 34.5 Å². The zero-order valence-electron chi connectivity index (χ0n) is 12.6. The molecule has 0 saturated carbocycles. The van der Waals surface area contributed by atoms with Gasteiger partial charge in [-0.2, -0.15) is 5.10 Å². The summed E-state index contributed by atoms with van der Waals surface area (Å²) in [6, 6.07) is 4.31. The molecule has 0 fully saturated rings. The molecule has 21 heavy (non-hydrogen) atoms. The van der Waals surface area contributed by atoms with Crippen molar-refractivity contribution in [3.63, 3.8) is 0 Å². The van der Waals surface area contributed by atoms with Crippen molar-refractivity contribution < 1.29 is 0 Å². The maximum absolute atomic E-state index is 6.33. The Morgan fingerprint density at radius 3 is 2.62 bits per heavy atom. The first-order chi connectivity index (χ1) is 10.0. The summed E-state index contributed by atoms with van der Waals surface area (Å²) in [5.74, 6) is 0. The lowest BCUT2D eigenvalue weighted by atomic mass is 10.0. The Kier molecular flexibility index (Phi) is 6.11. The molecule has 3 nitrogen and oxygen atoms in total. The first-order valence-electron chi connectivity index (χ1n) is 7.25. The number of thiophene rings is 1. The number of nitrogens with zero attached hydrogens (tertiary/aromatic N) is 2. The standard InChI is InChI=1S/C15H21Cl2N3S/c1-4-6-18-13(12-9-14(16)21-15(12)17)8-11-7-10(5-2)19-20(11)3/h7,9,13,18H,4-6,8H2,1-3H3. The van der Waals surface area contributed by atoms with Crippen molar-refractivity contribution in [3.8, 4) is 0 Å². The smallest absolute Gasteiger partial charge is 0.0992 e. The maximum atomic E-state index is 6.33. The van der Waals surface area contributed by atoms with Crippen LogP contribution in [-0.4, -0.2) is 16.3 Å². The molecule has 0 saturated heterocycles. The molecule has 0 aliphatic heterocycles. The van der Waals surface area contributed by atoms with E-state index in [1.165, 1.54) is 17.0 Å². The molecule has 0 aliphatic carbocycles. The number of nitrogens with one attached hydrogen (secondary N) is 1. The average molecular weight is 346 g/mol. The van der Waals surface area contributed by atoms with Crippen molar-refractivity contribution in [2.75, 3.05) is 6.54 Å². The summed E-state index contributed by atoms with van der Waals surface area (Å²) in [7, 11) is 1.99. The van der Waals surface area contributed by atoms with Gasteiger partial charge in [0, 0.05) is 30.8 Å². The summed E-state index contributed by atoms with van der Waals surface area (Å²) < 4.78 is 3.46. The number of aryl methyl sites for hydroxylation is 2. The van der Waals surface area contributed by atoms with Crippen LogP contribution in [-0.2, 0) is 19.9 Å². The fraction of sp³-hybridized carbons (Fsp3) is 0.533. The highest BCUT2D eigenvalue weighted by molar-refractivity contribution is 7.20. The number of aromatic nitrogens is 2. The summed E-state index contributed by atoms with van der Waals surface area (Å²) >= 11 is 13.8. The van der Waals surface area contributed by atoms with Gasteiger partial charge in [0.1, 0.15) is 0 Å². The van der Waals surface area contributed by atoms with Crippen molar-refractivity contribution in [2.45, 2.75) is 39.2 Å². The van der Waals surface area contributed by atoms with Crippen molar-refractivity contribution >= 4 is 34.5 Å². The number of rotatable bonds is 7. The van der Waals surface area contributed by atoms with Crippen molar-refractivity contribution in [3.05, 3.63) is 37.8 Å². The summed E-state index contributed by atoms with van der Waals surface area (Å²) in [5, 5.41) is 8.08. The van der Waals surface area contributed by atoms with Crippen LogP contribution in [0.15, 0.2) is 12.1 Å². The molecule has 0 aromatic carbocycles. The van der Waals surface area contributed by atoms with Gasteiger partial charge in [-0.25, -0.2) is 0 Å². The van der Waals surface area contributed by atoms with Gasteiger partial charge in [0.2, 0.25) is 0 Å². The van der Waals surface area contributed by atoms with Crippen LogP contribution in [0.25, 0.3) is 0 Å². The maximum Gasteiger partial charge on any atom is 0.0992 e. The first-order valence-corrected chi connectivity index (χ1v) is 8.82. The zero-order chi connectivity index (χ0) is 15.4. The Morgan fingerprint density at radius 1 is 1.33 bits per heavy atom. The largest absolute Gasteiger partial charge is 0.310 e. The van der Waals surface area contributed by atoms with Crippen molar-refractivity contribution in [1.29, 1.82) is 0 Å². The Morgan fingerprint density at radius 2 is 2.10 bits per heavy atom. The number of halogens is 2. The minimum atomic E-state index is 0.168. The summed E-state index contributed by atoms with van der Waals surface area (Å²) in [6.07, 6.45) is 2.89. The molecule has 2 aromatic heterocycles. The molecule has 0 bridgehead atoms. The second-order valence-electron chi connectivity index (χ2n) is 5.09. The van der Waals surface area contributed by atoms with Gasteiger partial charge >= 0.3 is 0 Å². The van der Waals surface area contributed by atoms with Gasteiger partial charge in [0.15, 0.2) is 0 Å². The van der Waals surface area contributed by atoms with E-state index in [4.69, 9.17) is 23.2 Å². The van der Waals surface area contributed by atoms with Crippen LogP contribution < -0.4 is 5.32 Å². The predicted molar refractivity (Wildman–Crippen MR) is 91.7 cm³/mol. The van der Waals surface area contributed by atoms with Gasteiger partial charge < -0.3 is 5.32 Å². The van der Waals surface area contributed by atoms with Gasteiger partial charge in [-0.05, 0) is 31.5 Å². The minimum absolute atomic E-state index is 0.168. The van der Waals surface area contributed by atoms with Gasteiger partial charge in [-0.1, -0.05) is 37.0 Å². The van der Waals surface area contributed by atoms with E-state index in [2.05, 4.69) is 30.3 Å². The molecule has 116 valence electrons. The highest BCUT2D eigenvalue weighted by atomic mass is 35.5. The zero-order valence-corrected chi connectivity index (χ0v) is 14.9. The monoisotopic (exact) mass is 345 g/mol. The Bertz CT molecular complexity index is 592. The normalized spacial score (nSPS) is 12.8. The molecule has 2 heterocycles. The molecule has 2 rings (SSSR count). The van der Waals surface area contributed by atoms with Crippen LogP contribution in [0.3, 0.4) is 0 Å². The molecular formula is C15H21Cl2N3S.